The summed E-state index contributed by atoms with van der Waals surface area (Å²) in [5.41, 5.74) is 1.25. The van der Waals surface area contributed by atoms with Crippen molar-refractivity contribution < 1.29 is 18.7 Å². The number of piperidine rings is 1. The number of carbonyl (C=O) groups excluding carboxylic acids is 2. The molecule has 0 bridgehead atoms. The van der Waals surface area contributed by atoms with E-state index < -0.39 is 0 Å². The summed E-state index contributed by atoms with van der Waals surface area (Å²) in [6.45, 7) is 1.88. The Labute approximate surface area is 150 Å². The molecule has 0 spiro atoms. The number of amides is 2. The van der Waals surface area contributed by atoms with Gasteiger partial charge in [0, 0.05) is 25.8 Å². The summed E-state index contributed by atoms with van der Waals surface area (Å²) in [4.78, 5) is 25.7. The van der Waals surface area contributed by atoms with Gasteiger partial charge in [0.25, 0.3) is 5.91 Å². The molecule has 7 nitrogen and oxygen atoms in total. The third kappa shape index (κ3) is 4.81. The fourth-order valence-corrected chi connectivity index (χ4v) is 2.85. The van der Waals surface area contributed by atoms with Gasteiger partial charge in [-0.25, -0.2) is 9.18 Å². The molecule has 2 aromatic rings. The van der Waals surface area contributed by atoms with E-state index in [0.29, 0.717) is 31.1 Å². The highest BCUT2D eigenvalue weighted by molar-refractivity contribution is 5.93. The first-order chi connectivity index (χ1) is 12.6. The molecule has 0 saturated carbocycles. The number of nitrogens with one attached hydrogen (secondary N) is 2. The molecule has 0 unspecified atom stereocenters. The van der Waals surface area contributed by atoms with E-state index in [1.54, 1.807) is 23.2 Å². The largest absolute Gasteiger partial charge is 0.445 e. The molecule has 0 aliphatic carbocycles. The van der Waals surface area contributed by atoms with Crippen molar-refractivity contribution in [3.63, 3.8) is 0 Å². The van der Waals surface area contributed by atoms with Gasteiger partial charge < -0.3 is 15.0 Å². The van der Waals surface area contributed by atoms with E-state index >= 15 is 0 Å². The zero-order valence-electron chi connectivity index (χ0n) is 14.3. The number of likely N-dealkylation sites (tertiary alicyclic amines) is 1. The van der Waals surface area contributed by atoms with Crippen molar-refractivity contribution in [3.05, 3.63) is 53.6 Å². The van der Waals surface area contributed by atoms with E-state index in [2.05, 4.69) is 15.5 Å². The molecule has 1 saturated heterocycles. The molecule has 1 aromatic heterocycles. The zero-order valence-corrected chi connectivity index (χ0v) is 14.3. The van der Waals surface area contributed by atoms with Crippen molar-refractivity contribution in [3.8, 4) is 0 Å². The Morgan fingerprint density at radius 3 is 2.65 bits per heavy atom. The van der Waals surface area contributed by atoms with Crippen LogP contribution in [-0.2, 0) is 11.3 Å². The maximum absolute atomic E-state index is 12.9. The number of hydrogen-bond acceptors (Lipinski definition) is 4. The topological polar surface area (TPSA) is 87.3 Å². The monoisotopic (exact) mass is 360 g/mol. The lowest BCUT2D eigenvalue weighted by Crippen LogP contribution is -2.41. The Bertz CT molecular complexity index is 725. The highest BCUT2D eigenvalue weighted by Crippen LogP contribution is 2.18. The standard InChI is InChI=1S/C18H21FN4O3/c19-16-3-1-14(2-4-16)12-26-18(25)23-7-5-13(6-8-23)9-20-17(24)15-10-21-22-11-15/h1-4,10-11,13H,5-9,12H2,(H,20,24)(H,21,22). The normalized spacial score (nSPS) is 14.9. The van der Waals surface area contributed by atoms with Crippen LogP contribution in [0.1, 0.15) is 28.8 Å². The lowest BCUT2D eigenvalue weighted by Gasteiger charge is -2.31. The summed E-state index contributed by atoms with van der Waals surface area (Å²) in [5, 5.41) is 9.24. The smallest absolute Gasteiger partial charge is 0.410 e. The van der Waals surface area contributed by atoms with Gasteiger partial charge in [-0.3, -0.25) is 9.89 Å². The van der Waals surface area contributed by atoms with Crippen molar-refractivity contribution >= 4 is 12.0 Å². The molecule has 26 heavy (non-hydrogen) atoms. The molecule has 0 radical (unpaired) electrons. The van der Waals surface area contributed by atoms with Crippen molar-refractivity contribution in [1.29, 1.82) is 0 Å². The molecule has 1 aliphatic rings. The third-order valence-electron chi connectivity index (χ3n) is 4.46. The van der Waals surface area contributed by atoms with Gasteiger partial charge in [0.15, 0.2) is 0 Å². The van der Waals surface area contributed by atoms with Gasteiger partial charge in [0.1, 0.15) is 12.4 Å². The second kappa shape index (κ2) is 8.46. The Hall–Kier alpha value is -2.90. The molecule has 0 atom stereocenters. The first kappa shape index (κ1) is 17.9. The average molecular weight is 360 g/mol. The molecule has 8 heteroatoms. The van der Waals surface area contributed by atoms with Gasteiger partial charge >= 0.3 is 6.09 Å². The van der Waals surface area contributed by atoms with E-state index in [4.69, 9.17) is 4.74 Å². The SMILES string of the molecule is O=C(NCC1CCN(C(=O)OCc2ccc(F)cc2)CC1)c1cn[nH]c1. The number of rotatable bonds is 5. The van der Waals surface area contributed by atoms with Crippen LogP contribution < -0.4 is 5.32 Å². The van der Waals surface area contributed by atoms with Gasteiger partial charge in [-0.15, -0.1) is 0 Å². The van der Waals surface area contributed by atoms with Crippen LogP contribution in [0.25, 0.3) is 0 Å². The number of halogens is 1. The number of aromatic nitrogens is 2. The summed E-state index contributed by atoms with van der Waals surface area (Å²) in [6.07, 6.45) is 4.27. The third-order valence-corrected chi connectivity index (χ3v) is 4.46. The van der Waals surface area contributed by atoms with Crippen LogP contribution in [0.4, 0.5) is 9.18 Å². The Kier molecular flexibility index (Phi) is 5.83. The summed E-state index contributed by atoms with van der Waals surface area (Å²) >= 11 is 0. The minimum Gasteiger partial charge on any atom is -0.445 e. The van der Waals surface area contributed by atoms with Gasteiger partial charge in [0.05, 0.1) is 11.8 Å². The minimum atomic E-state index is -0.366. The van der Waals surface area contributed by atoms with Crippen molar-refractivity contribution in [2.75, 3.05) is 19.6 Å². The maximum atomic E-state index is 12.9. The lowest BCUT2D eigenvalue weighted by atomic mass is 9.97. The fraction of sp³-hybridized carbons (Fsp3) is 0.389. The second-order valence-electron chi connectivity index (χ2n) is 6.31. The fourth-order valence-electron chi connectivity index (χ4n) is 2.85. The van der Waals surface area contributed by atoms with Crippen LogP contribution in [-0.4, -0.2) is 46.7 Å². The predicted molar refractivity (Wildman–Crippen MR) is 91.8 cm³/mol. The van der Waals surface area contributed by atoms with E-state index in [0.717, 1.165) is 18.4 Å². The highest BCUT2D eigenvalue weighted by Gasteiger charge is 2.24. The summed E-state index contributed by atoms with van der Waals surface area (Å²) in [5.74, 6) is -0.145. The van der Waals surface area contributed by atoms with Gasteiger partial charge in [-0.2, -0.15) is 5.10 Å². The Morgan fingerprint density at radius 2 is 2.00 bits per heavy atom. The quantitative estimate of drug-likeness (QED) is 0.857. The van der Waals surface area contributed by atoms with Crippen LogP contribution >= 0.6 is 0 Å². The number of ether oxygens (including phenoxy) is 1. The molecule has 1 aliphatic heterocycles. The number of nitrogens with zero attached hydrogens (tertiary/aromatic N) is 2. The lowest BCUT2D eigenvalue weighted by molar-refractivity contribution is 0.0800. The molecule has 2 heterocycles. The number of H-pyrrole nitrogens is 1. The van der Waals surface area contributed by atoms with Crippen molar-refractivity contribution in [2.24, 2.45) is 5.92 Å². The second-order valence-corrected chi connectivity index (χ2v) is 6.31. The molecular weight excluding hydrogens is 339 g/mol. The van der Waals surface area contributed by atoms with Gasteiger partial charge in [0.2, 0.25) is 0 Å². The van der Waals surface area contributed by atoms with Crippen molar-refractivity contribution in [1.82, 2.24) is 20.4 Å². The molecule has 1 aromatic carbocycles. The molecule has 3 rings (SSSR count). The highest BCUT2D eigenvalue weighted by atomic mass is 19.1. The van der Waals surface area contributed by atoms with Crippen molar-refractivity contribution in [2.45, 2.75) is 19.4 Å². The predicted octanol–water partition coefficient (Wildman–Crippen LogP) is 2.33. The summed E-state index contributed by atoms with van der Waals surface area (Å²) in [6, 6.07) is 5.87. The molecule has 2 amide bonds. The maximum Gasteiger partial charge on any atom is 0.410 e. The number of aromatic amines is 1. The molecule has 138 valence electrons. The van der Waals surface area contributed by atoms with Crippen LogP contribution in [0.5, 0.6) is 0 Å². The van der Waals surface area contributed by atoms with Crippen LogP contribution in [0, 0.1) is 11.7 Å². The Morgan fingerprint density at radius 1 is 1.27 bits per heavy atom. The first-order valence-electron chi connectivity index (χ1n) is 8.55. The molecule has 1 fully saturated rings. The van der Waals surface area contributed by atoms with E-state index in [1.165, 1.54) is 18.3 Å². The van der Waals surface area contributed by atoms with Crippen LogP contribution in [0.3, 0.4) is 0 Å². The number of benzene rings is 1. The van der Waals surface area contributed by atoms with Crippen LogP contribution in [0.15, 0.2) is 36.7 Å². The average Bonchev–Trinajstić information content (AvgIpc) is 3.21. The van der Waals surface area contributed by atoms with Gasteiger partial charge in [-0.05, 0) is 36.5 Å². The number of hydrogen-bond donors (Lipinski definition) is 2. The first-order valence-corrected chi connectivity index (χ1v) is 8.55. The molecular formula is C18H21FN4O3. The zero-order chi connectivity index (χ0) is 18.4. The van der Waals surface area contributed by atoms with Gasteiger partial charge in [-0.1, -0.05) is 12.1 Å². The molecule has 2 N–H and O–H groups in total. The Balaban J connectivity index is 1.37. The van der Waals surface area contributed by atoms with E-state index in [1.807, 2.05) is 0 Å². The number of carbonyl (C=O) groups is 2. The van der Waals surface area contributed by atoms with Crippen LogP contribution in [0.2, 0.25) is 0 Å². The summed E-state index contributed by atoms with van der Waals surface area (Å²) in [7, 11) is 0. The van der Waals surface area contributed by atoms with E-state index in [-0.39, 0.29) is 24.4 Å². The van der Waals surface area contributed by atoms with E-state index in [9.17, 15) is 14.0 Å². The summed E-state index contributed by atoms with van der Waals surface area (Å²) < 4.78 is 18.1. The minimum absolute atomic E-state index is 0.125.